The van der Waals surface area contributed by atoms with Crippen molar-refractivity contribution < 1.29 is 22.5 Å². The minimum absolute atomic E-state index is 0.271. The molecule has 26 heavy (non-hydrogen) atoms. The minimum atomic E-state index is -4.44. The minimum Gasteiger partial charge on any atom is -0.344 e. The molecule has 8 heteroatoms. The number of hydrogen-bond acceptors (Lipinski definition) is 4. The fraction of sp³-hybridized carbons (Fsp3) is 0.500. The number of carbonyl (C=O) groups excluding carboxylic acids is 1. The lowest BCUT2D eigenvalue weighted by Crippen LogP contribution is -2.43. The standard InChI is InChI=1S/C18H20F3N3O2/c1-11(15-23-12(2)24-26-15)22-16(25)17(8-3-4-9-17)13-6-5-7-14(10-13)18(19,20)21/h5-7,10-11H,3-4,8-9H2,1-2H3,(H,22,25). The van der Waals surface area contributed by atoms with E-state index in [1.54, 1.807) is 19.9 Å². The zero-order valence-electron chi connectivity index (χ0n) is 14.6. The van der Waals surface area contributed by atoms with Crippen LogP contribution in [0.1, 0.15) is 61.5 Å². The third-order valence-electron chi connectivity index (χ3n) is 4.90. The molecule has 0 aliphatic heterocycles. The van der Waals surface area contributed by atoms with Gasteiger partial charge in [-0.2, -0.15) is 18.2 Å². The van der Waals surface area contributed by atoms with Crippen LogP contribution < -0.4 is 5.32 Å². The maximum atomic E-state index is 13.1. The van der Waals surface area contributed by atoms with Gasteiger partial charge in [-0.1, -0.05) is 36.2 Å². The number of amides is 1. The van der Waals surface area contributed by atoms with Gasteiger partial charge in [-0.25, -0.2) is 0 Å². The Bertz CT molecular complexity index is 795. The fourth-order valence-corrected chi connectivity index (χ4v) is 3.50. The molecule has 1 N–H and O–H groups in total. The molecule has 1 heterocycles. The molecule has 1 fully saturated rings. The van der Waals surface area contributed by atoms with Gasteiger partial charge in [-0.3, -0.25) is 4.79 Å². The first kappa shape index (κ1) is 18.4. The largest absolute Gasteiger partial charge is 0.416 e. The number of nitrogens with one attached hydrogen (secondary N) is 1. The first-order chi connectivity index (χ1) is 12.2. The van der Waals surface area contributed by atoms with Gasteiger partial charge in [0.05, 0.1) is 11.0 Å². The van der Waals surface area contributed by atoms with Crippen LogP contribution in [0.3, 0.4) is 0 Å². The molecule has 0 radical (unpaired) electrons. The van der Waals surface area contributed by atoms with E-state index >= 15 is 0 Å². The maximum absolute atomic E-state index is 13.1. The molecule has 3 rings (SSSR count). The lowest BCUT2D eigenvalue weighted by atomic mass is 9.77. The van der Waals surface area contributed by atoms with Gasteiger partial charge in [0.25, 0.3) is 0 Å². The number of carbonyl (C=O) groups is 1. The molecule has 1 saturated carbocycles. The Balaban J connectivity index is 1.89. The summed E-state index contributed by atoms with van der Waals surface area (Å²) < 4.78 is 44.3. The van der Waals surface area contributed by atoms with E-state index in [-0.39, 0.29) is 11.8 Å². The summed E-state index contributed by atoms with van der Waals surface area (Å²) in [6.45, 7) is 3.38. The summed E-state index contributed by atoms with van der Waals surface area (Å²) >= 11 is 0. The average Bonchev–Trinajstić information content (AvgIpc) is 3.24. The number of alkyl halides is 3. The summed E-state index contributed by atoms with van der Waals surface area (Å²) in [6, 6.07) is 4.55. The van der Waals surface area contributed by atoms with Crippen LogP contribution in [0.15, 0.2) is 28.8 Å². The van der Waals surface area contributed by atoms with Crippen molar-refractivity contribution in [3.05, 3.63) is 47.1 Å². The highest BCUT2D eigenvalue weighted by molar-refractivity contribution is 5.88. The summed E-state index contributed by atoms with van der Waals surface area (Å²) in [5, 5.41) is 6.53. The molecule has 140 valence electrons. The fourth-order valence-electron chi connectivity index (χ4n) is 3.50. The van der Waals surface area contributed by atoms with Gasteiger partial charge in [0.1, 0.15) is 6.04 Å². The summed E-state index contributed by atoms with van der Waals surface area (Å²) in [7, 11) is 0. The monoisotopic (exact) mass is 367 g/mol. The molecule has 1 atom stereocenters. The van der Waals surface area contributed by atoms with Gasteiger partial charge < -0.3 is 9.84 Å². The number of rotatable bonds is 4. The smallest absolute Gasteiger partial charge is 0.344 e. The highest BCUT2D eigenvalue weighted by Gasteiger charge is 2.44. The van der Waals surface area contributed by atoms with Crippen LogP contribution in [-0.2, 0) is 16.4 Å². The molecule has 1 amide bonds. The second kappa shape index (κ2) is 6.74. The van der Waals surface area contributed by atoms with Gasteiger partial charge in [-0.05, 0) is 38.3 Å². The van der Waals surface area contributed by atoms with Crippen molar-refractivity contribution in [1.82, 2.24) is 15.5 Å². The third-order valence-corrected chi connectivity index (χ3v) is 4.90. The van der Waals surface area contributed by atoms with Crippen molar-refractivity contribution in [3.63, 3.8) is 0 Å². The molecule has 1 unspecified atom stereocenters. The van der Waals surface area contributed by atoms with E-state index in [1.165, 1.54) is 6.07 Å². The van der Waals surface area contributed by atoms with Gasteiger partial charge in [0, 0.05) is 0 Å². The van der Waals surface area contributed by atoms with Crippen molar-refractivity contribution in [3.8, 4) is 0 Å². The molecule has 5 nitrogen and oxygen atoms in total. The Morgan fingerprint density at radius 2 is 2.00 bits per heavy atom. The zero-order valence-corrected chi connectivity index (χ0v) is 14.6. The van der Waals surface area contributed by atoms with Crippen molar-refractivity contribution in [1.29, 1.82) is 0 Å². The van der Waals surface area contributed by atoms with Crippen LogP contribution >= 0.6 is 0 Å². The van der Waals surface area contributed by atoms with E-state index in [1.807, 2.05) is 0 Å². The summed E-state index contributed by atoms with van der Waals surface area (Å²) in [4.78, 5) is 17.1. The van der Waals surface area contributed by atoms with Crippen molar-refractivity contribution >= 4 is 5.91 Å². The van der Waals surface area contributed by atoms with Crippen molar-refractivity contribution in [2.75, 3.05) is 0 Å². The Morgan fingerprint density at radius 3 is 2.58 bits per heavy atom. The van der Waals surface area contributed by atoms with Crippen molar-refractivity contribution in [2.24, 2.45) is 0 Å². The normalized spacial score (nSPS) is 17.9. The highest BCUT2D eigenvalue weighted by Crippen LogP contribution is 2.43. The first-order valence-corrected chi connectivity index (χ1v) is 8.51. The molecule has 1 aromatic heterocycles. The lowest BCUT2D eigenvalue weighted by molar-refractivity contribution is -0.138. The summed E-state index contributed by atoms with van der Waals surface area (Å²) in [5.74, 6) is 0.417. The lowest BCUT2D eigenvalue weighted by Gasteiger charge is -2.30. The van der Waals surface area contributed by atoms with Crippen molar-refractivity contribution in [2.45, 2.75) is 57.2 Å². The molecular weight excluding hydrogens is 347 g/mol. The van der Waals surface area contributed by atoms with Gasteiger partial charge in [-0.15, -0.1) is 0 Å². The molecule has 1 aromatic carbocycles. The number of aryl methyl sites for hydroxylation is 1. The van der Waals surface area contributed by atoms with Gasteiger partial charge in [0.15, 0.2) is 5.82 Å². The molecule has 0 spiro atoms. The van der Waals surface area contributed by atoms with Gasteiger partial charge in [0.2, 0.25) is 11.8 Å². The summed E-state index contributed by atoms with van der Waals surface area (Å²) in [6.07, 6.45) is -1.85. The highest BCUT2D eigenvalue weighted by atomic mass is 19.4. The zero-order chi connectivity index (χ0) is 18.9. The van der Waals surface area contributed by atoms with E-state index in [2.05, 4.69) is 15.5 Å². The topological polar surface area (TPSA) is 68.0 Å². The number of hydrogen-bond donors (Lipinski definition) is 1. The van der Waals surface area contributed by atoms with E-state index in [4.69, 9.17) is 4.52 Å². The SMILES string of the molecule is Cc1noc(C(C)NC(=O)C2(c3cccc(C(F)(F)F)c3)CCCC2)n1. The van der Waals surface area contributed by atoms with E-state index in [0.29, 0.717) is 24.2 Å². The molecule has 0 saturated heterocycles. The van der Waals surface area contributed by atoms with E-state index in [9.17, 15) is 18.0 Å². The second-order valence-electron chi connectivity index (χ2n) is 6.74. The quantitative estimate of drug-likeness (QED) is 0.884. The van der Waals surface area contributed by atoms with Crippen LogP contribution in [0.25, 0.3) is 0 Å². The Kier molecular flexibility index (Phi) is 4.77. The second-order valence-corrected chi connectivity index (χ2v) is 6.74. The number of benzene rings is 1. The van der Waals surface area contributed by atoms with Crippen LogP contribution in [-0.4, -0.2) is 16.0 Å². The molecule has 1 aliphatic rings. The van der Waals surface area contributed by atoms with Crippen LogP contribution in [0.2, 0.25) is 0 Å². The summed E-state index contributed by atoms with van der Waals surface area (Å²) in [5.41, 5.74) is -1.31. The van der Waals surface area contributed by atoms with E-state index < -0.39 is 23.2 Å². The van der Waals surface area contributed by atoms with Gasteiger partial charge >= 0.3 is 6.18 Å². The Morgan fingerprint density at radius 1 is 1.31 bits per heavy atom. The first-order valence-electron chi connectivity index (χ1n) is 8.51. The molecule has 1 aliphatic carbocycles. The molecule has 0 bridgehead atoms. The number of halogens is 3. The van der Waals surface area contributed by atoms with Crippen LogP contribution in [0, 0.1) is 6.92 Å². The Labute approximate surface area is 149 Å². The number of aromatic nitrogens is 2. The predicted molar refractivity (Wildman–Crippen MR) is 87.2 cm³/mol. The predicted octanol–water partition coefficient (Wildman–Crippen LogP) is 4.09. The molecule has 2 aromatic rings. The maximum Gasteiger partial charge on any atom is 0.416 e. The van der Waals surface area contributed by atoms with E-state index in [0.717, 1.165) is 25.0 Å². The number of nitrogens with zero attached hydrogens (tertiary/aromatic N) is 2. The van der Waals surface area contributed by atoms with Crippen LogP contribution in [0.4, 0.5) is 13.2 Å². The average molecular weight is 367 g/mol. The van der Waals surface area contributed by atoms with Crippen LogP contribution in [0.5, 0.6) is 0 Å². The Hall–Kier alpha value is -2.38. The molecular formula is C18H20F3N3O2. The third kappa shape index (κ3) is 3.45.